The highest BCUT2D eigenvalue weighted by Crippen LogP contribution is 2.33. The van der Waals surface area contributed by atoms with Crippen LogP contribution < -0.4 is 5.73 Å². The second-order valence-corrected chi connectivity index (χ2v) is 4.35. The molecule has 0 fully saturated rings. The predicted molar refractivity (Wildman–Crippen MR) is 59.1 cm³/mol. The third-order valence-corrected chi connectivity index (χ3v) is 2.79. The van der Waals surface area contributed by atoms with Gasteiger partial charge < -0.3 is 10.8 Å². The van der Waals surface area contributed by atoms with Gasteiger partial charge in [-0.3, -0.25) is 0 Å². The van der Waals surface area contributed by atoms with Crippen molar-refractivity contribution in [3.05, 3.63) is 35.9 Å². The van der Waals surface area contributed by atoms with Crippen molar-refractivity contribution in [1.82, 2.24) is 0 Å². The molecule has 2 heteroatoms. The summed E-state index contributed by atoms with van der Waals surface area (Å²) in [7, 11) is 0. The SMILES string of the molecule is CC(C)(CO)[C@H](CN)c1ccccc1. The first kappa shape index (κ1) is 11.2. The van der Waals surface area contributed by atoms with Crippen LogP contribution in [-0.2, 0) is 0 Å². The molecule has 0 spiro atoms. The van der Waals surface area contributed by atoms with Gasteiger partial charge in [0.2, 0.25) is 0 Å². The van der Waals surface area contributed by atoms with Gasteiger partial charge in [-0.2, -0.15) is 0 Å². The van der Waals surface area contributed by atoms with Crippen molar-refractivity contribution in [3.8, 4) is 0 Å². The summed E-state index contributed by atoms with van der Waals surface area (Å²) in [5.74, 6) is 0.216. The van der Waals surface area contributed by atoms with Crippen LogP contribution in [0, 0.1) is 5.41 Å². The highest BCUT2D eigenvalue weighted by molar-refractivity contribution is 5.22. The van der Waals surface area contributed by atoms with Gasteiger partial charge in [-0.05, 0) is 17.5 Å². The molecule has 0 aromatic heterocycles. The van der Waals surface area contributed by atoms with Crippen LogP contribution in [0.5, 0.6) is 0 Å². The fraction of sp³-hybridized carbons (Fsp3) is 0.500. The van der Waals surface area contributed by atoms with Gasteiger partial charge in [0.1, 0.15) is 0 Å². The van der Waals surface area contributed by atoms with E-state index in [1.54, 1.807) is 0 Å². The molecule has 2 nitrogen and oxygen atoms in total. The molecule has 1 aromatic rings. The average molecular weight is 193 g/mol. The molecule has 3 N–H and O–H groups in total. The second-order valence-electron chi connectivity index (χ2n) is 4.35. The van der Waals surface area contributed by atoms with Crippen LogP contribution in [0.15, 0.2) is 30.3 Å². The summed E-state index contributed by atoms with van der Waals surface area (Å²) >= 11 is 0. The number of aliphatic hydroxyl groups is 1. The van der Waals surface area contributed by atoms with Gasteiger partial charge >= 0.3 is 0 Å². The van der Waals surface area contributed by atoms with Crippen molar-refractivity contribution < 1.29 is 5.11 Å². The van der Waals surface area contributed by atoms with E-state index in [4.69, 9.17) is 5.73 Å². The Labute approximate surface area is 85.8 Å². The van der Waals surface area contributed by atoms with Gasteiger partial charge in [-0.15, -0.1) is 0 Å². The molecule has 78 valence electrons. The molecule has 0 unspecified atom stereocenters. The first-order valence-corrected chi connectivity index (χ1v) is 4.97. The fourth-order valence-electron chi connectivity index (χ4n) is 1.70. The van der Waals surface area contributed by atoms with E-state index < -0.39 is 0 Å². The lowest BCUT2D eigenvalue weighted by Gasteiger charge is -2.32. The first-order chi connectivity index (χ1) is 6.61. The molecule has 0 bridgehead atoms. The van der Waals surface area contributed by atoms with Crippen LogP contribution in [0.25, 0.3) is 0 Å². The Bertz CT molecular complexity index is 269. The lowest BCUT2D eigenvalue weighted by Crippen LogP contribution is -2.31. The van der Waals surface area contributed by atoms with Crippen molar-refractivity contribution in [2.24, 2.45) is 11.1 Å². The van der Waals surface area contributed by atoms with Gasteiger partial charge in [-0.25, -0.2) is 0 Å². The van der Waals surface area contributed by atoms with Gasteiger partial charge in [0, 0.05) is 12.5 Å². The molecule has 0 aliphatic rings. The van der Waals surface area contributed by atoms with E-state index in [0.29, 0.717) is 6.54 Å². The first-order valence-electron chi connectivity index (χ1n) is 4.97. The summed E-state index contributed by atoms with van der Waals surface area (Å²) in [5.41, 5.74) is 6.80. The highest BCUT2D eigenvalue weighted by Gasteiger charge is 2.28. The van der Waals surface area contributed by atoms with E-state index >= 15 is 0 Å². The van der Waals surface area contributed by atoms with Crippen LogP contribution >= 0.6 is 0 Å². The molecule has 14 heavy (non-hydrogen) atoms. The van der Waals surface area contributed by atoms with Gasteiger partial charge in [0.25, 0.3) is 0 Å². The van der Waals surface area contributed by atoms with Crippen LogP contribution in [0.2, 0.25) is 0 Å². The van der Waals surface area contributed by atoms with Crippen molar-refractivity contribution in [2.45, 2.75) is 19.8 Å². The predicted octanol–water partition coefficient (Wildman–Crippen LogP) is 1.75. The normalized spacial score (nSPS) is 14.0. The molecule has 0 radical (unpaired) electrons. The highest BCUT2D eigenvalue weighted by atomic mass is 16.3. The molecular formula is C12H19NO. The lowest BCUT2D eigenvalue weighted by molar-refractivity contribution is 0.132. The van der Waals surface area contributed by atoms with Crippen molar-refractivity contribution >= 4 is 0 Å². The maximum absolute atomic E-state index is 9.30. The number of benzene rings is 1. The molecule has 1 rings (SSSR count). The maximum atomic E-state index is 9.30. The van der Waals surface area contributed by atoms with Gasteiger partial charge in [0.15, 0.2) is 0 Å². The molecule has 0 saturated carbocycles. The van der Waals surface area contributed by atoms with Gasteiger partial charge in [0.05, 0.1) is 0 Å². The quantitative estimate of drug-likeness (QED) is 0.765. The summed E-state index contributed by atoms with van der Waals surface area (Å²) in [4.78, 5) is 0. The van der Waals surface area contributed by atoms with E-state index in [1.807, 2.05) is 32.0 Å². The standard InChI is InChI=1S/C12H19NO/c1-12(2,9-14)11(8-13)10-6-4-3-5-7-10/h3-7,11,14H,8-9,13H2,1-2H3/t11-/m1/s1. The minimum absolute atomic E-state index is 0.157. The number of aliphatic hydroxyl groups excluding tert-OH is 1. The molecule has 0 aliphatic carbocycles. The molecule has 0 saturated heterocycles. The molecule has 0 aliphatic heterocycles. The Morgan fingerprint density at radius 2 is 1.86 bits per heavy atom. The zero-order chi connectivity index (χ0) is 10.6. The van der Waals surface area contributed by atoms with Crippen LogP contribution in [-0.4, -0.2) is 18.3 Å². The maximum Gasteiger partial charge on any atom is 0.0488 e. The number of nitrogens with two attached hydrogens (primary N) is 1. The average Bonchev–Trinajstić information content (AvgIpc) is 2.20. The monoisotopic (exact) mass is 193 g/mol. The van der Waals surface area contributed by atoms with Crippen LogP contribution in [0.4, 0.5) is 0 Å². The number of hydrogen-bond acceptors (Lipinski definition) is 2. The zero-order valence-electron chi connectivity index (χ0n) is 8.90. The Morgan fingerprint density at radius 3 is 2.29 bits per heavy atom. The van der Waals surface area contributed by atoms with Gasteiger partial charge in [-0.1, -0.05) is 44.2 Å². The van der Waals surface area contributed by atoms with Crippen molar-refractivity contribution in [2.75, 3.05) is 13.2 Å². The van der Waals surface area contributed by atoms with Crippen molar-refractivity contribution in [1.29, 1.82) is 0 Å². The van der Waals surface area contributed by atoms with E-state index in [2.05, 4.69) is 12.1 Å². The Kier molecular flexibility index (Phi) is 3.67. The number of rotatable bonds is 4. The topological polar surface area (TPSA) is 46.2 Å². The molecule has 1 atom stereocenters. The third kappa shape index (κ3) is 2.34. The molecular weight excluding hydrogens is 174 g/mol. The smallest absolute Gasteiger partial charge is 0.0488 e. The summed E-state index contributed by atoms with van der Waals surface area (Å²) in [6, 6.07) is 10.1. The van der Waals surface area contributed by atoms with Crippen LogP contribution in [0.3, 0.4) is 0 Å². The van der Waals surface area contributed by atoms with Crippen LogP contribution in [0.1, 0.15) is 25.3 Å². The lowest BCUT2D eigenvalue weighted by atomic mass is 9.75. The van der Waals surface area contributed by atoms with Crippen molar-refractivity contribution in [3.63, 3.8) is 0 Å². The zero-order valence-corrected chi connectivity index (χ0v) is 8.90. The Balaban J connectivity index is 2.93. The minimum atomic E-state index is -0.157. The Morgan fingerprint density at radius 1 is 1.29 bits per heavy atom. The second kappa shape index (κ2) is 4.58. The fourth-order valence-corrected chi connectivity index (χ4v) is 1.70. The van der Waals surface area contributed by atoms with E-state index in [1.165, 1.54) is 5.56 Å². The summed E-state index contributed by atoms with van der Waals surface area (Å²) in [5, 5.41) is 9.30. The number of hydrogen-bond donors (Lipinski definition) is 2. The molecule has 1 aromatic carbocycles. The summed E-state index contributed by atoms with van der Waals surface area (Å²) in [6.07, 6.45) is 0. The molecule has 0 heterocycles. The third-order valence-electron chi connectivity index (χ3n) is 2.79. The molecule has 0 amide bonds. The summed E-state index contributed by atoms with van der Waals surface area (Å²) in [6.45, 7) is 4.80. The van der Waals surface area contributed by atoms with E-state index in [-0.39, 0.29) is 17.9 Å². The van der Waals surface area contributed by atoms with E-state index in [0.717, 1.165) is 0 Å². The summed E-state index contributed by atoms with van der Waals surface area (Å²) < 4.78 is 0. The Hall–Kier alpha value is -0.860. The van der Waals surface area contributed by atoms with E-state index in [9.17, 15) is 5.11 Å². The largest absolute Gasteiger partial charge is 0.396 e. The minimum Gasteiger partial charge on any atom is -0.396 e.